The van der Waals surface area contributed by atoms with Crippen molar-refractivity contribution in [1.82, 2.24) is 0 Å². The molecule has 0 saturated carbocycles. The number of hydrogen-bond acceptors (Lipinski definition) is 0. The van der Waals surface area contributed by atoms with Crippen molar-refractivity contribution in [3.05, 3.63) is 195 Å². The summed E-state index contributed by atoms with van der Waals surface area (Å²) in [5, 5.41) is 3.07. The Morgan fingerprint density at radius 3 is 0.880 bits per heavy atom. The summed E-state index contributed by atoms with van der Waals surface area (Å²) in [5.41, 5.74) is -28.9. The van der Waals surface area contributed by atoms with Gasteiger partial charge in [-0.2, -0.15) is 127 Å². The highest BCUT2D eigenvalue weighted by Gasteiger charge is 2.47. The van der Waals surface area contributed by atoms with E-state index in [2.05, 4.69) is 53.4 Å². The standard InChI is InChI=1S/C32H12BF24.C16H13ClN/c34-25(35,36)13-1-14(26(37,38)39)6-21(5-13)33(22-7-15(27(40,41)42)2-16(8-22)28(43,44)45,23-9-17(29(46,47)48)3-18(10-23)30(49,50)51)24-11-19(31(52,53)54)4-20(12-24)32(55,56)57;17-16-8-4-7-14-9-10-18(12-15(14)16)11-13-5-2-1-3-6-13/h1-12H;1-10,12H,11H2/q-1;+1. The van der Waals surface area contributed by atoms with Crippen LogP contribution in [-0.4, -0.2) is 6.15 Å². The quantitative estimate of drug-likeness (QED) is 0.0888. The number of pyridine rings is 1. The normalized spacial score (nSPS) is 13.5. The number of rotatable bonds is 6. The van der Waals surface area contributed by atoms with E-state index in [9.17, 15) is 105 Å². The molecule has 0 amide bonds. The van der Waals surface area contributed by atoms with Crippen molar-refractivity contribution in [3.8, 4) is 0 Å². The van der Waals surface area contributed by atoms with Gasteiger partial charge in [-0.15, -0.1) is 0 Å². The SMILES string of the molecule is Clc1cccc2cc[n+](Cc3ccccc3)cc12.FC(F)(F)c1cc([B-](c2cc(C(F)(F)F)cc(C(F)(F)F)c2)(c2cc(C(F)(F)F)cc(C(F)(F)F)c2)c2cc(C(F)(F)F)cc(C(F)(F)F)c2)cc(C(F)(F)F)c1. The van der Waals surface area contributed by atoms with E-state index >= 15 is 0 Å². The van der Waals surface area contributed by atoms with Gasteiger partial charge in [-0.25, -0.2) is 4.57 Å². The van der Waals surface area contributed by atoms with Crippen molar-refractivity contribution >= 4 is 50.4 Å². The van der Waals surface area contributed by atoms with Crippen LogP contribution in [0, 0.1) is 0 Å². The molecule has 400 valence electrons. The fourth-order valence-corrected chi connectivity index (χ4v) is 8.41. The molecule has 0 unspecified atom stereocenters. The molecule has 0 aliphatic carbocycles. The maximum Gasteiger partial charge on any atom is 0.416 e. The summed E-state index contributed by atoms with van der Waals surface area (Å²) in [4.78, 5) is 0. The van der Waals surface area contributed by atoms with Gasteiger partial charge >= 0.3 is 49.4 Å². The predicted molar refractivity (Wildman–Crippen MR) is 225 cm³/mol. The second-order valence-corrected chi connectivity index (χ2v) is 17.0. The van der Waals surface area contributed by atoms with Crippen LogP contribution >= 0.6 is 11.6 Å². The maximum atomic E-state index is 14.2. The number of halogens is 25. The first-order valence-electron chi connectivity index (χ1n) is 20.6. The Morgan fingerprint density at radius 1 is 0.333 bits per heavy atom. The summed E-state index contributed by atoms with van der Waals surface area (Å²) in [7, 11) is 0. The maximum absolute atomic E-state index is 14.2. The molecule has 0 fully saturated rings. The van der Waals surface area contributed by atoms with Crippen LogP contribution in [0.3, 0.4) is 0 Å². The molecule has 0 atom stereocenters. The summed E-state index contributed by atoms with van der Waals surface area (Å²) < 4.78 is 343. The predicted octanol–water partition coefficient (Wildman–Crippen LogP) is 15.0. The third-order valence-electron chi connectivity index (χ3n) is 11.5. The van der Waals surface area contributed by atoms with Gasteiger partial charge in [0.25, 0.3) is 0 Å². The van der Waals surface area contributed by atoms with Crippen LogP contribution in [0.1, 0.15) is 50.1 Å². The monoisotopic (exact) mass is 1120 g/mol. The van der Waals surface area contributed by atoms with E-state index in [1.54, 1.807) is 0 Å². The molecule has 0 spiro atoms. The fraction of sp³-hybridized carbons (Fsp3) is 0.188. The van der Waals surface area contributed by atoms with Crippen LogP contribution in [0.15, 0.2) is 140 Å². The molecule has 7 aromatic rings. The third-order valence-corrected chi connectivity index (χ3v) is 11.8. The number of nitrogens with zero attached hydrogens (tertiary/aromatic N) is 1. The van der Waals surface area contributed by atoms with Gasteiger partial charge in [0.05, 0.1) is 54.9 Å². The number of hydrogen-bond donors (Lipinski definition) is 0. The Labute approximate surface area is 410 Å². The lowest BCUT2D eigenvalue weighted by Crippen LogP contribution is -2.75. The molecule has 0 aliphatic heterocycles. The summed E-state index contributed by atoms with van der Waals surface area (Å²) in [6.45, 7) is 0.863. The van der Waals surface area contributed by atoms with Crippen LogP contribution in [0.25, 0.3) is 10.8 Å². The number of aromatic nitrogens is 1. The Kier molecular flexibility index (Phi) is 15.3. The average Bonchev–Trinajstić information content (AvgIpc) is 3.27. The zero-order valence-corrected chi connectivity index (χ0v) is 37.2. The zero-order valence-electron chi connectivity index (χ0n) is 36.5. The van der Waals surface area contributed by atoms with Crippen molar-refractivity contribution in [2.24, 2.45) is 0 Å². The minimum atomic E-state index is -6.13. The van der Waals surface area contributed by atoms with Gasteiger partial charge in [0.2, 0.25) is 0 Å². The molecule has 1 aromatic heterocycles. The molecule has 0 radical (unpaired) electrons. The van der Waals surface area contributed by atoms with E-state index in [0.29, 0.717) is 0 Å². The average molecular weight is 1120 g/mol. The Hall–Kier alpha value is -6.60. The molecule has 75 heavy (non-hydrogen) atoms. The van der Waals surface area contributed by atoms with E-state index in [-0.39, 0.29) is 0 Å². The second kappa shape index (κ2) is 19.8. The van der Waals surface area contributed by atoms with Crippen LogP contribution in [0.5, 0.6) is 0 Å². The molecule has 27 heteroatoms. The van der Waals surface area contributed by atoms with Gasteiger partial charge < -0.3 is 0 Å². The molecule has 1 nitrogen and oxygen atoms in total. The van der Waals surface area contributed by atoms with Gasteiger partial charge in [0, 0.05) is 11.6 Å². The number of alkyl halides is 24. The Morgan fingerprint density at radius 2 is 0.613 bits per heavy atom. The molecular weight excluding hydrogens is 1090 g/mol. The summed E-state index contributed by atoms with van der Waals surface area (Å²) >= 11 is 6.22. The molecule has 1 heterocycles. The number of fused-ring (bicyclic) bond motifs is 1. The third kappa shape index (κ3) is 13.1. The van der Waals surface area contributed by atoms with Gasteiger partial charge in [0.15, 0.2) is 18.9 Å². The van der Waals surface area contributed by atoms with Crippen LogP contribution in [0.4, 0.5) is 105 Å². The van der Waals surface area contributed by atoms with Gasteiger partial charge in [-0.05, 0) is 35.7 Å². The summed E-state index contributed by atoms with van der Waals surface area (Å²) in [6.07, 6.45) is -50.6. The lowest BCUT2D eigenvalue weighted by atomic mass is 9.12. The Bertz CT molecular complexity index is 2760. The van der Waals surface area contributed by atoms with Crippen LogP contribution < -0.4 is 26.4 Å². The van der Waals surface area contributed by atoms with E-state index in [4.69, 9.17) is 11.6 Å². The lowest BCUT2D eigenvalue weighted by molar-refractivity contribution is -0.687. The van der Waals surface area contributed by atoms with Crippen LogP contribution in [0.2, 0.25) is 5.02 Å². The Balaban J connectivity index is 0.000000421. The molecular formula is C48H25BClF24N. The first kappa shape index (κ1) is 57.7. The van der Waals surface area contributed by atoms with Gasteiger partial charge in [-0.1, -0.05) is 103 Å². The van der Waals surface area contributed by atoms with E-state index in [0.717, 1.165) is 17.0 Å². The van der Waals surface area contributed by atoms with E-state index in [1.165, 1.54) is 10.9 Å². The van der Waals surface area contributed by atoms with Crippen molar-refractivity contribution < 1.29 is 110 Å². The highest BCUT2D eigenvalue weighted by molar-refractivity contribution is 7.20. The first-order chi connectivity index (χ1) is 34.1. The molecule has 6 aromatic carbocycles. The van der Waals surface area contributed by atoms with Gasteiger partial charge in [0.1, 0.15) is 6.15 Å². The highest BCUT2D eigenvalue weighted by Crippen LogP contribution is 2.41. The zero-order chi connectivity index (χ0) is 56.3. The van der Waals surface area contributed by atoms with E-state index in [1.807, 2.05) is 18.2 Å². The second-order valence-electron chi connectivity index (χ2n) is 16.6. The van der Waals surface area contributed by atoms with Crippen molar-refractivity contribution in [1.29, 1.82) is 0 Å². The van der Waals surface area contributed by atoms with Gasteiger partial charge in [-0.3, -0.25) is 0 Å². The smallest absolute Gasteiger partial charge is 0.200 e. The van der Waals surface area contributed by atoms with Crippen LogP contribution in [-0.2, 0) is 56.0 Å². The largest absolute Gasteiger partial charge is 0.416 e. The fourth-order valence-electron chi connectivity index (χ4n) is 8.18. The van der Waals surface area contributed by atoms with Crippen molar-refractivity contribution in [2.75, 3.05) is 0 Å². The molecule has 0 aliphatic rings. The molecule has 0 N–H and O–H groups in total. The number of benzene rings is 6. The van der Waals surface area contributed by atoms with E-state index < -0.39 is 195 Å². The minimum Gasteiger partial charge on any atom is -0.200 e. The first-order valence-corrected chi connectivity index (χ1v) is 20.9. The van der Waals surface area contributed by atoms with Crippen molar-refractivity contribution in [3.63, 3.8) is 0 Å². The summed E-state index contributed by atoms with van der Waals surface area (Å²) in [5.74, 6) is 0. The topological polar surface area (TPSA) is 3.88 Å². The molecule has 7 rings (SSSR count). The minimum absolute atomic E-state index is 0.691. The van der Waals surface area contributed by atoms with Crippen molar-refractivity contribution in [2.45, 2.75) is 56.0 Å². The lowest BCUT2D eigenvalue weighted by Gasteiger charge is -2.46. The summed E-state index contributed by atoms with van der Waals surface area (Å²) in [6, 6.07) is 9.68. The molecule has 0 saturated heterocycles. The molecule has 0 bridgehead atoms. The highest BCUT2D eigenvalue weighted by atomic mass is 35.5.